The number of ether oxygens (including phenoxy) is 1. The molecule has 0 saturated heterocycles. The van der Waals surface area contributed by atoms with E-state index in [0.717, 1.165) is 25.4 Å². The first kappa shape index (κ1) is 7.00. The van der Waals surface area contributed by atoms with E-state index in [-0.39, 0.29) is 6.23 Å². The molecule has 0 N–H and O–H groups in total. The van der Waals surface area contributed by atoms with Crippen LogP contribution in [0.15, 0.2) is 17.1 Å². The van der Waals surface area contributed by atoms with Gasteiger partial charge in [-0.05, 0) is 13.1 Å². The fraction of sp³-hybridized carbons (Fsp3) is 0.625. The van der Waals surface area contributed by atoms with Gasteiger partial charge in [0.2, 0.25) is 0 Å². The fourth-order valence-corrected chi connectivity index (χ4v) is 1.43. The van der Waals surface area contributed by atoms with E-state index in [4.69, 9.17) is 4.74 Å². The molecule has 11 heavy (non-hydrogen) atoms. The first-order valence-corrected chi connectivity index (χ1v) is 3.90. The summed E-state index contributed by atoms with van der Waals surface area (Å²) in [5.74, 6) is 0. The van der Waals surface area contributed by atoms with Crippen LogP contribution in [-0.2, 0) is 4.74 Å². The minimum Gasteiger partial charge on any atom is -0.355 e. The highest BCUT2D eigenvalue weighted by Gasteiger charge is 2.24. The molecule has 0 saturated carbocycles. The van der Waals surface area contributed by atoms with Crippen molar-refractivity contribution < 1.29 is 4.74 Å². The molecule has 1 atom stereocenters. The maximum atomic E-state index is 5.54. The van der Waals surface area contributed by atoms with Crippen molar-refractivity contribution >= 4 is 5.71 Å². The van der Waals surface area contributed by atoms with Crippen molar-refractivity contribution in [2.45, 2.75) is 6.23 Å². The van der Waals surface area contributed by atoms with Crippen LogP contribution in [0.1, 0.15) is 0 Å². The lowest BCUT2D eigenvalue weighted by molar-refractivity contribution is -0.0000695. The maximum Gasteiger partial charge on any atom is 0.153 e. The standard InChI is InChI=1S/C8H12N2O/c1-10-5-2-3-7-8(10)11-6-4-9-7/h2-3,8H,4-6H2,1H3. The molecule has 0 aliphatic carbocycles. The van der Waals surface area contributed by atoms with Crippen LogP contribution in [0.5, 0.6) is 0 Å². The highest BCUT2D eigenvalue weighted by atomic mass is 16.5. The molecule has 3 heteroatoms. The van der Waals surface area contributed by atoms with Crippen molar-refractivity contribution in [2.75, 3.05) is 26.7 Å². The van der Waals surface area contributed by atoms with Gasteiger partial charge in [-0.1, -0.05) is 6.08 Å². The van der Waals surface area contributed by atoms with Gasteiger partial charge in [0, 0.05) is 6.54 Å². The van der Waals surface area contributed by atoms with Crippen LogP contribution in [0, 0.1) is 0 Å². The number of nitrogens with zero attached hydrogens (tertiary/aromatic N) is 2. The van der Waals surface area contributed by atoms with Crippen molar-refractivity contribution in [1.29, 1.82) is 0 Å². The maximum absolute atomic E-state index is 5.54. The van der Waals surface area contributed by atoms with Crippen molar-refractivity contribution in [3.63, 3.8) is 0 Å². The van der Waals surface area contributed by atoms with E-state index >= 15 is 0 Å². The monoisotopic (exact) mass is 152 g/mol. The molecule has 2 rings (SSSR count). The third-order valence-corrected chi connectivity index (χ3v) is 2.00. The lowest BCUT2D eigenvalue weighted by atomic mass is 10.2. The van der Waals surface area contributed by atoms with Crippen molar-refractivity contribution in [3.8, 4) is 0 Å². The number of hydrogen-bond acceptors (Lipinski definition) is 3. The highest BCUT2D eigenvalue weighted by molar-refractivity contribution is 5.99. The van der Waals surface area contributed by atoms with E-state index in [1.807, 2.05) is 0 Å². The molecule has 2 aliphatic rings. The van der Waals surface area contributed by atoms with E-state index in [1.165, 1.54) is 0 Å². The van der Waals surface area contributed by atoms with E-state index in [2.05, 4.69) is 29.1 Å². The normalized spacial score (nSPS) is 31.4. The summed E-state index contributed by atoms with van der Waals surface area (Å²) in [5.41, 5.74) is 1.07. The average Bonchev–Trinajstić information content (AvgIpc) is 2.06. The lowest BCUT2D eigenvalue weighted by Crippen LogP contribution is -2.45. The summed E-state index contributed by atoms with van der Waals surface area (Å²) in [6.07, 6.45) is 4.29. The molecule has 3 nitrogen and oxygen atoms in total. The summed E-state index contributed by atoms with van der Waals surface area (Å²) >= 11 is 0. The quantitative estimate of drug-likeness (QED) is 0.498. The van der Waals surface area contributed by atoms with Crippen LogP contribution in [-0.4, -0.2) is 43.6 Å². The van der Waals surface area contributed by atoms with Gasteiger partial charge < -0.3 is 4.74 Å². The van der Waals surface area contributed by atoms with Crippen molar-refractivity contribution in [1.82, 2.24) is 4.90 Å². The predicted octanol–water partition coefficient (Wildman–Crippen LogP) is 0.285. The Labute approximate surface area is 66.4 Å². The van der Waals surface area contributed by atoms with E-state index in [1.54, 1.807) is 0 Å². The van der Waals surface area contributed by atoms with Gasteiger partial charge in [0.15, 0.2) is 6.23 Å². The first-order chi connectivity index (χ1) is 5.38. The van der Waals surface area contributed by atoms with E-state index < -0.39 is 0 Å². The SMILES string of the molecule is CN1CC=CC2=NCCOC21. The van der Waals surface area contributed by atoms with Crippen LogP contribution < -0.4 is 0 Å². The molecule has 2 heterocycles. The lowest BCUT2D eigenvalue weighted by Gasteiger charge is -2.32. The Morgan fingerprint density at radius 1 is 1.73 bits per heavy atom. The molecule has 0 radical (unpaired) electrons. The third-order valence-electron chi connectivity index (χ3n) is 2.00. The van der Waals surface area contributed by atoms with Crippen LogP contribution >= 0.6 is 0 Å². The summed E-state index contributed by atoms with van der Waals surface area (Å²) in [4.78, 5) is 6.52. The Bertz CT molecular complexity index is 210. The Balaban J connectivity index is 2.24. The molecular weight excluding hydrogens is 140 g/mol. The summed E-state index contributed by atoms with van der Waals surface area (Å²) in [7, 11) is 2.05. The second-order valence-electron chi connectivity index (χ2n) is 2.87. The smallest absolute Gasteiger partial charge is 0.153 e. The molecule has 0 spiro atoms. The fourth-order valence-electron chi connectivity index (χ4n) is 1.43. The largest absolute Gasteiger partial charge is 0.355 e. The Kier molecular flexibility index (Phi) is 1.75. The zero-order valence-electron chi connectivity index (χ0n) is 6.66. The number of fused-ring (bicyclic) bond motifs is 1. The van der Waals surface area contributed by atoms with Crippen LogP contribution in [0.4, 0.5) is 0 Å². The molecule has 2 aliphatic heterocycles. The summed E-state index contributed by atoms with van der Waals surface area (Å²) in [5, 5.41) is 0. The Morgan fingerprint density at radius 2 is 2.64 bits per heavy atom. The summed E-state index contributed by atoms with van der Waals surface area (Å²) in [6.45, 7) is 2.53. The number of rotatable bonds is 0. The van der Waals surface area contributed by atoms with E-state index in [0.29, 0.717) is 0 Å². The molecule has 0 amide bonds. The molecule has 1 unspecified atom stereocenters. The highest BCUT2D eigenvalue weighted by Crippen LogP contribution is 2.11. The first-order valence-electron chi connectivity index (χ1n) is 3.90. The van der Waals surface area contributed by atoms with Gasteiger partial charge in [0.25, 0.3) is 0 Å². The van der Waals surface area contributed by atoms with Crippen molar-refractivity contribution in [2.24, 2.45) is 4.99 Å². The average molecular weight is 152 g/mol. The van der Waals surface area contributed by atoms with Gasteiger partial charge in [-0.15, -0.1) is 0 Å². The second-order valence-corrected chi connectivity index (χ2v) is 2.87. The topological polar surface area (TPSA) is 24.8 Å². The Morgan fingerprint density at radius 3 is 3.45 bits per heavy atom. The van der Waals surface area contributed by atoms with Gasteiger partial charge >= 0.3 is 0 Å². The van der Waals surface area contributed by atoms with Crippen LogP contribution in [0.2, 0.25) is 0 Å². The minimum absolute atomic E-state index is 0.119. The second kappa shape index (κ2) is 2.75. The van der Waals surface area contributed by atoms with Crippen LogP contribution in [0.3, 0.4) is 0 Å². The van der Waals surface area contributed by atoms with Gasteiger partial charge in [-0.25, -0.2) is 0 Å². The number of likely N-dealkylation sites (N-methyl/N-ethyl adjacent to an activating group) is 1. The minimum atomic E-state index is 0.119. The molecular formula is C8H12N2O. The number of hydrogen-bond donors (Lipinski definition) is 0. The Hall–Kier alpha value is -0.670. The zero-order chi connectivity index (χ0) is 7.68. The zero-order valence-corrected chi connectivity index (χ0v) is 6.66. The van der Waals surface area contributed by atoms with Gasteiger partial charge in [-0.2, -0.15) is 0 Å². The molecule has 0 aromatic carbocycles. The number of aliphatic imine (C=N–C) groups is 1. The van der Waals surface area contributed by atoms with Gasteiger partial charge in [0.05, 0.1) is 18.9 Å². The van der Waals surface area contributed by atoms with Gasteiger partial charge in [-0.3, -0.25) is 9.89 Å². The molecule has 0 aromatic rings. The molecule has 0 aromatic heterocycles. The predicted molar refractivity (Wildman–Crippen MR) is 43.8 cm³/mol. The van der Waals surface area contributed by atoms with Crippen LogP contribution in [0.25, 0.3) is 0 Å². The molecule has 0 bridgehead atoms. The molecule has 0 fully saturated rings. The van der Waals surface area contributed by atoms with Gasteiger partial charge in [0.1, 0.15) is 0 Å². The molecule has 60 valence electrons. The summed E-state index contributed by atoms with van der Waals surface area (Å²) in [6, 6.07) is 0. The third kappa shape index (κ3) is 1.21. The summed E-state index contributed by atoms with van der Waals surface area (Å²) < 4.78 is 5.54. The van der Waals surface area contributed by atoms with Crippen molar-refractivity contribution in [3.05, 3.63) is 12.2 Å². The van der Waals surface area contributed by atoms with E-state index in [9.17, 15) is 0 Å².